The first-order valence-corrected chi connectivity index (χ1v) is 7.14. The van der Waals surface area contributed by atoms with E-state index in [1.807, 2.05) is 0 Å². The quantitative estimate of drug-likeness (QED) is 0.824. The number of likely N-dealkylation sites (tertiary alicyclic amines) is 1. The fourth-order valence-electron chi connectivity index (χ4n) is 3.21. The number of hydrogen-bond donors (Lipinski definition) is 2. The van der Waals surface area contributed by atoms with Gasteiger partial charge in [-0.1, -0.05) is 0 Å². The summed E-state index contributed by atoms with van der Waals surface area (Å²) in [5.74, 6) is -0.0708. The average Bonchev–Trinajstić information content (AvgIpc) is 2.38. The summed E-state index contributed by atoms with van der Waals surface area (Å²) in [6.07, 6.45) is -3.22. The van der Waals surface area contributed by atoms with Crippen molar-refractivity contribution in [3.05, 3.63) is 0 Å². The van der Waals surface area contributed by atoms with Crippen LogP contribution in [0.25, 0.3) is 0 Å². The number of aliphatic hydroxyl groups is 1. The van der Waals surface area contributed by atoms with Gasteiger partial charge in [0.1, 0.15) is 0 Å². The van der Waals surface area contributed by atoms with E-state index in [2.05, 4.69) is 10.2 Å². The summed E-state index contributed by atoms with van der Waals surface area (Å²) in [5, 5.41) is 12.7. The molecular weight excluding hydrogens is 257 g/mol. The number of rotatable bonds is 3. The average molecular weight is 280 g/mol. The van der Waals surface area contributed by atoms with Crippen LogP contribution in [-0.4, -0.2) is 55.0 Å². The van der Waals surface area contributed by atoms with Gasteiger partial charge < -0.3 is 15.3 Å². The zero-order chi connectivity index (χ0) is 13.9. The van der Waals surface area contributed by atoms with Crippen LogP contribution in [0.5, 0.6) is 0 Å². The molecule has 2 rings (SSSR count). The van der Waals surface area contributed by atoms with Crippen molar-refractivity contribution in [1.29, 1.82) is 0 Å². The first-order valence-electron chi connectivity index (χ1n) is 7.14. The van der Waals surface area contributed by atoms with Crippen LogP contribution in [-0.2, 0) is 0 Å². The van der Waals surface area contributed by atoms with Crippen LogP contribution in [0, 0.1) is 11.8 Å². The van der Waals surface area contributed by atoms with Crippen LogP contribution < -0.4 is 5.32 Å². The highest BCUT2D eigenvalue weighted by atomic mass is 19.4. The molecule has 0 aliphatic carbocycles. The lowest BCUT2D eigenvalue weighted by molar-refractivity contribution is -0.223. The van der Waals surface area contributed by atoms with Crippen molar-refractivity contribution in [1.82, 2.24) is 10.2 Å². The lowest BCUT2D eigenvalue weighted by Crippen LogP contribution is -2.47. The van der Waals surface area contributed by atoms with Gasteiger partial charge in [-0.15, -0.1) is 0 Å². The zero-order valence-electron chi connectivity index (χ0n) is 11.1. The molecule has 0 saturated carbocycles. The minimum atomic E-state index is -4.48. The van der Waals surface area contributed by atoms with Crippen molar-refractivity contribution in [2.24, 2.45) is 11.8 Å². The summed E-state index contributed by atoms with van der Waals surface area (Å²) in [6.45, 7) is 4.14. The van der Waals surface area contributed by atoms with E-state index in [0.717, 1.165) is 45.4 Å². The van der Waals surface area contributed by atoms with E-state index in [1.165, 1.54) is 0 Å². The molecule has 2 heterocycles. The van der Waals surface area contributed by atoms with Crippen molar-refractivity contribution in [3.63, 3.8) is 0 Å². The lowest BCUT2D eigenvalue weighted by atomic mass is 9.90. The van der Waals surface area contributed by atoms with Crippen LogP contribution in [0.3, 0.4) is 0 Å². The topological polar surface area (TPSA) is 35.5 Å². The lowest BCUT2D eigenvalue weighted by Gasteiger charge is -2.38. The second kappa shape index (κ2) is 6.41. The van der Waals surface area contributed by atoms with Crippen LogP contribution in [0.1, 0.15) is 25.7 Å². The second-order valence-corrected chi connectivity index (χ2v) is 5.84. The van der Waals surface area contributed by atoms with Gasteiger partial charge in [0.2, 0.25) is 0 Å². The highest BCUT2D eigenvalue weighted by molar-refractivity contribution is 4.83. The normalized spacial score (nSPS) is 29.4. The Labute approximate surface area is 112 Å². The van der Waals surface area contributed by atoms with Crippen LogP contribution >= 0.6 is 0 Å². The third-order valence-electron chi connectivity index (χ3n) is 4.30. The Hall–Kier alpha value is -0.330. The number of nitrogens with one attached hydrogen (secondary N) is 1. The summed E-state index contributed by atoms with van der Waals surface area (Å²) >= 11 is 0. The number of halogens is 3. The van der Waals surface area contributed by atoms with Crippen LogP contribution in [0.15, 0.2) is 0 Å². The number of alkyl halides is 3. The van der Waals surface area contributed by atoms with Gasteiger partial charge >= 0.3 is 6.18 Å². The predicted molar refractivity (Wildman–Crippen MR) is 66.8 cm³/mol. The standard InChI is InChI=1S/C13H23F3N2O/c14-13(15,16)12(19)11-2-1-7-18(9-11)8-10-3-5-17-6-4-10/h10-12,17,19H,1-9H2. The van der Waals surface area contributed by atoms with Crippen LogP contribution in [0.2, 0.25) is 0 Å². The van der Waals surface area contributed by atoms with Crippen LogP contribution in [0.4, 0.5) is 13.2 Å². The summed E-state index contributed by atoms with van der Waals surface area (Å²) in [6, 6.07) is 0. The second-order valence-electron chi connectivity index (χ2n) is 5.84. The van der Waals surface area contributed by atoms with Gasteiger partial charge in [-0.05, 0) is 51.2 Å². The number of aliphatic hydroxyl groups excluding tert-OH is 1. The van der Waals surface area contributed by atoms with Crippen molar-refractivity contribution >= 4 is 0 Å². The Kier molecular flexibility index (Phi) is 5.09. The minimum absolute atomic E-state index is 0.380. The molecule has 3 nitrogen and oxygen atoms in total. The molecule has 2 N–H and O–H groups in total. The fraction of sp³-hybridized carbons (Fsp3) is 1.00. The first kappa shape index (κ1) is 15.1. The monoisotopic (exact) mass is 280 g/mol. The number of hydrogen-bond acceptors (Lipinski definition) is 3. The van der Waals surface area contributed by atoms with Crippen molar-refractivity contribution in [3.8, 4) is 0 Å². The van der Waals surface area contributed by atoms with Gasteiger partial charge in [-0.2, -0.15) is 13.2 Å². The molecule has 0 aromatic heterocycles. The molecule has 2 saturated heterocycles. The number of nitrogens with zero attached hydrogens (tertiary/aromatic N) is 1. The van der Waals surface area contributed by atoms with E-state index >= 15 is 0 Å². The summed E-state index contributed by atoms with van der Waals surface area (Å²) < 4.78 is 37.6. The van der Waals surface area contributed by atoms with E-state index in [0.29, 0.717) is 18.9 Å². The molecule has 0 radical (unpaired) electrons. The molecule has 2 unspecified atom stereocenters. The van der Waals surface area contributed by atoms with Gasteiger partial charge in [0.15, 0.2) is 6.10 Å². The molecule has 2 fully saturated rings. The largest absolute Gasteiger partial charge is 0.414 e. The summed E-state index contributed by atoms with van der Waals surface area (Å²) in [7, 11) is 0. The summed E-state index contributed by atoms with van der Waals surface area (Å²) in [5.41, 5.74) is 0. The Bertz CT molecular complexity index is 280. The molecule has 0 aromatic carbocycles. The molecule has 112 valence electrons. The van der Waals surface area contributed by atoms with Gasteiger partial charge in [-0.3, -0.25) is 0 Å². The maximum Gasteiger partial charge on any atom is 0.414 e. The highest BCUT2D eigenvalue weighted by Gasteiger charge is 2.44. The van der Waals surface area contributed by atoms with Gasteiger partial charge in [0.25, 0.3) is 0 Å². The van der Waals surface area contributed by atoms with Crippen molar-refractivity contribution in [2.45, 2.75) is 38.0 Å². The maximum absolute atomic E-state index is 12.5. The first-order chi connectivity index (χ1) is 8.97. The molecule has 0 aromatic rings. The fourth-order valence-corrected chi connectivity index (χ4v) is 3.21. The van der Waals surface area contributed by atoms with E-state index in [4.69, 9.17) is 0 Å². The van der Waals surface area contributed by atoms with E-state index in [9.17, 15) is 18.3 Å². The molecule has 0 amide bonds. The molecule has 2 aliphatic rings. The van der Waals surface area contributed by atoms with Crippen molar-refractivity contribution < 1.29 is 18.3 Å². The van der Waals surface area contributed by atoms with E-state index in [-0.39, 0.29) is 0 Å². The van der Waals surface area contributed by atoms with Gasteiger partial charge in [0.05, 0.1) is 0 Å². The SMILES string of the molecule is OC(C1CCCN(CC2CCNCC2)C1)C(F)(F)F. The highest BCUT2D eigenvalue weighted by Crippen LogP contribution is 2.31. The van der Waals surface area contributed by atoms with E-state index < -0.39 is 18.2 Å². The van der Waals surface area contributed by atoms with Crippen molar-refractivity contribution in [2.75, 3.05) is 32.7 Å². The molecule has 2 atom stereocenters. The maximum atomic E-state index is 12.5. The molecule has 2 aliphatic heterocycles. The van der Waals surface area contributed by atoms with E-state index in [1.54, 1.807) is 0 Å². The smallest absolute Gasteiger partial charge is 0.383 e. The Morgan fingerprint density at radius 3 is 2.53 bits per heavy atom. The molecule has 6 heteroatoms. The predicted octanol–water partition coefficient (Wildman–Crippen LogP) is 1.62. The summed E-state index contributed by atoms with van der Waals surface area (Å²) in [4.78, 5) is 2.11. The zero-order valence-corrected chi connectivity index (χ0v) is 11.1. The van der Waals surface area contributed by atoms with Gasteiger partial charge in [-0.25, -0.2) is 0 Å². The molecular formula is C13H23F3N2O. The number of piperidine rings is 2. The third-order valence-corrected chi connectivity index (χ3v) is 4.30. The Morgan fingerprint density at radius 2 is 1.89 bits per heavy atom. The molecule has 0 bridgehead atoms. The van der Waals surface area contributed by atoms with Gasteiger partial charge in [0, 0.05) is 19.0 Å². The molecule has 19 heavy (non-hydrogen) atoms. The third kappa shape index (κ3) is 4.33. The minimum Gasteiger partial charge on any atom is -0.383 e. The Morgan fingerprint density at radius 1 is 1.21 bits per heavy atom. The molecule has 0 spiro atoms. The Balaban J connectivity index is 1.83.